The van der Waals surface area contributed by atoms with Crippen molar-refractivity contribution in [2.24, 2.45) is 0 Å². The van der Waals surface area contributed by atoms with E-state index in [0.717, 1.165) is 6.42 Å². The quantitative estimate of drug-likeness (QED) is 0.836. The van der Waals surface area contributed by atoms with E-state index in [2.05, 4.69) is 14.8 Å². The first-order valence-corrected chi connectivity index (χ1v) is 10.7. The van der Waals surface area contributed by atoms with Gasteiger partial charge in [-0.2, -0.15) is 5.10 Å². The summed E-state index contributed by atoms with van der Waals surface area (Å²) in [6.07, 6.45) is 2.80. The van der Waals surface area contributed by atoms with E-state index < -0.39 is 25.9 Å². The molecule has 0 fully saturated rings. The second-order valence-corrected chi connectivity index (χ2v) is 9.53. The van der Waals surface area contributed by atoms with Gasteiger partial charge in [0.05, 0.1) is 21.6 Å². The number of hydrogen-bond acceptors (Lipinski definition) is 6. The minimum Gasteiger partial charge on any atom is -0.248 e. The summed E-state index contributed by atoms with van der Waals surface area (Å²) >= 11 is 0. The Bertz CT molecular complexity index is 951. The van der Waals surface area contributed by atoms with Gasteiger partial charge in [-0.05, 0) is 31.0 Å². The number of nitrogens with one attached hydrogen (secondary N) is 1. The van der Waals surface area contributed by atoms with E-state index in [4.69, 9.17) is 0 Å². The molecular weight excluding hydrogens is 352 g/mol. The van der Waals surface area contributed by atoms with Crippen molar-refractivity contribution in [2.45, 2.75) is 42.1 Å². The molecule has 24 heavy (non-hydrogen) atoms. The molecule has 10 heteroatoms. The Morgan fingerprint density at radius 3 is 2.75 bits per heavy atom. The maximum atomic E-state index is 12.6. The molecule has 1 atom stereocenters. The Balaban J connectivity index is 1.92. The van der Waals surface area contributed by atoms with Crippen LogP contribution in [0.5, 0.6) is 0 Å². The predicted octanol–water partition coefficient (Wildman–Crippen LogP) is 0.885. The van der Waals surface area contributed by atoms with Crippen molar-refractivity contribution in [1.29, 1.82) is 0 Å². The van der Waals surface area contributed by atoms with Crippen molar-refractivity contribution in [3.8, 4) is 0 Å². The monoisotopic (exact) mass is 370 g/mol. The summed E-state index contributed by atoms with van der Waals surface area (Å²) in [5, 5.41) is 4.06. The molecule has 1 aliphatic rings. The van der Waals surface area contributed by atoms with Gasteiger partial charge < -0.3 is 0 Å². The van der Waals surface area contributed by atoms with Gasteiger partial charge in [-0.3, -0.25) is 0 Å². The fourth-order valence-electron chi connectivity index (χ4n) is 2.66. The van der Waals surface area contributed by atoms with Gasteiger partial charge in [-0.1, -0.05) is 13.0 Å². The van der Waals surface area contributed by atoms with Crippen molar-refractivity contribution in [2.75, 3.05) is 5.75 Å². The van der Waals surface area contributed by atoms with Crippen LogP contribution in [0.3, 0.4) is 0 Å². The molecule has 0 amide bonds. The fourth-order valence-corrected chi connectivity index (χ4v) is 4.93. The smallest absolute Gasteiger partial charge is 0.241 e. The summed E-state index contributed by atoms with van der Waals surface area (Å²) in [4.78, 5) is 4.04. The van der Waals surface area contributed by atoms with E-state index in [1.807, 2.05) is 0 Å². The van der Waals surface area contributed by atoms with Crippen LogP contribution in [0.4, 0.5) is 0 Å². The first-order valence-electron chi connectivity index (χ1n) is 7.56. The third-order valence-corrected chi connectivity index (χ3v) is 7.17. The van der Waals surface area contributed by atoms with Crippen molar-refractivity contribution < 1.29 is 16.8 Å². The Labute approximate surface area is 140 Å². The van der Waals surface area contributed by atoms with E-state index in [1.54, 1.807) is 4.68 Å². The summed E-state index contributed by atoms with van der Waals surface area (Å²) in [6.45, 7) is 2.22. The number of fused-ring (bicyclic) bond motifs is 1. The lowest BCUT2D eigenvalue weighted by Gasteiger charge is -2.23. The van der Waals surface area contributed by atoms with Crippen LogP contribution in [0, 0.1) is 0 Å². The first-order chi connectivity index (χ1) is 11.3. The third-order valence-electron chi connectivity index (χ3n) is 3.97. The summed E-state index contributed by atoms with van der Waals surface area (Å²) in [6, 6.07) is 4.92. The van der Waals surface area contributed by atoms with E-state index >= 15 is 0 Å². The summed E-state index contributed by atoms with van der Waals surface area (Å²) < 4.78 is 53.5. The highest BCUT2D eigenvalue weighted by Crippen LogP contribution is 2.25. The highest BCUT2D eigenvalue weighted by atomic mass is 32.2. The van der Waals surface area contributed by atoms with Crippen LogP contribution in [-0.4, -0.2) is 37.4 Å². The number of hydrogen-bond donors (Lipinski definition) is 1. The lowest BCUT2D eigenvalue weighted by Crippen LogP contribution is -2.33. The average Bonchev–Trinajstić information content (AvgIpc) is 3.04. The molecule has 2 heterocycles. The summed E-state index contributed by atoms with van der Waals surface area (Å²) in [7, 11) is -7.34. The molecule has 8 nitrogen and oxygen atoms in total. The molecule has 1 aromatic heterocycles. The number of aryl methyl sites for hydroxylation is 1. The van der Waals surface area contributed by atoms with E-state index in [1.165, 1.54) is 37.5 Å². The fraction of sp³-hybridized carbons (Fsp3) is 0.429. The normalized spacial score (nSPS) is 18.3. The number of sulfonamides is 1. The molecule has 1 N–H and O–H groups in total. The van der Waals surface area contributed by atoms with E-state index in [-0.39, 0.29) is 15.5 Å². The van der Waals surface area contributed by atoms with Gasteiger partial charge in [0.25, 0.3) is 0 Å². The second-order valence-electron chi connectivity index (χ2n) is 5.54. The molecule has 0 unspecified atom stereocenters. The largest absolute Gasteiger partial charge is 0.248 e. The van der Waals surface area contributed by atoms with Crippen LogP contribution in [-0.2, 0) is 26.4 Å². The third kappa shape index (κ3) is 3.21. The van der Waals surface area contributed by atoms with Gasteiger partial charge in [0.15, 0.2) is 9.84 Å². The SMILES string of the molecule is CCS(=O)(=O)c1cccc(S(=O)(=O)N[C@@H]2CCCn3ncnc32)c1. The number of rotatable bonds is 5. The van der Waals surface area contributed by atoms with Crippen molar-refractivity contribution in [3.05, 3.63) is 36.4 Å². The average molecular weight is 370 g/mol. The van der Waals surface area contributed by atoms with Crippen LogP contribution in [0.1, 0.15) is 31.6 Å². The van der Waals surface area contributed by atoms with Gasteiger partial charge >= 0.3 is 0 Å². The van der Waals surface area contributed by atoms with E-state index in [0.29, 0.717) is 18.8 Å². The Morgan fingerprint density at radius 2 is 2.00 bits per heavy atom. The molecule has 0 saturated carbocycles. The van der Waals surface area contributed by atoms with Gasteiger partial charge in [-0.25, -0.2) is 31.2 Å². The predicted molar refractivity (Wildman–Crippen MR) is 86.5 cm³/mol. The topological polar surface area (TPSA) is 111 Å². The summed E-state index contributed by atoms with van der Waals surface area (Å²) in [5.74, 6) is 0.484. The number of sulfone groups is 1. The van der Waals surface area contributed by atoms with Gasteiger partial charge in [-0.15, -0.1) is 0 Å². The maximum absolute atomic E-state index is 12.6. The molecule has 0 saturated heterocycles. The lowest BCUT2D eigenvalue weighted by atomic mass is 10.1. The molecule has 0 bridgehead atoms. The van der Waals surface area contributed by atoms with E-state index in [9.17, 15) is 16.8 Å². The molecule has 1 aromatic carbocycles. The zero-order valence-electron chi connectivity index (χ0n) is 13.1. The number of nitrogens with zero attached hydrogens (tertiary/aromatic N) is 3. The lowest BCUT2D eigenvalue weighted by molar-refractivity contribution is 0.400. The molecule has 0 spiro atoms. The Kier molecular flexibility index (Phi) is 4.45. The van der Waals surface area contributed by atoms with Crippen molar-refractivity contribution in [1.82, 2.24) is 19.5 Å². The zero-order valence-corrected chi connectivity index (χ0v) is 14.7. The van der Waals surface area contributed by atoms with Crippen LogP contribution in [0.15, 0.2) is 40.4 Å². The molecule has 0 radical (unpaired) electrons. The Hall–Kier alpha value is -1.78. The van der Waals surface area contributed by atoms with Gasteiger partial charge in [0.2, 0.25) is 10.0 Å². The van der Waals surface area contributed by atoms with Crippen molar-refractivity contribution >= 4 is 19.9 Å². The van der Waals surface area contributed by atoms with Crippen LogP contribution in [0.25, 0.3) is 0 Å². The molecular formula is C14H18N4O4S2. The first kappa shape index (κ1) is 17.1. The Morgan fingerprint density at radius 1 is 1.25 bits per heavy atom. The highest BCUT2D eigenvalue weighted by molar-refractivity contribution is 7.91. The molecule has 1 aliphatic heterocycles. The number of aromatic nitrogens is 3. The molecule has 3 rings (SSSR count). The van der Waals surface area contributed by atoms with Crippen LogP contribution >= 0.6 is 0 Å². The van der Waals surface area contributed by atoms with Gasteiger partial charge in [0.1, 0.15) is 12.2 Å². The molecule has 130 valence electrons. The van der Waals surface area contributed by atoms with Crippen molar-refractivity contribution in [3.63, 3.8) is 0 Å². The highest BCUT2D eigenvalue weighted by Gasteiger charge is 2.28. The standard InChI is InChI=1S/C14H18N4O4S2/c1-2-23(19,20)11-5-3-6-12(9-11)24(21,22)17-13-7-4-8-18-14(13)15-10-16-18/h3,5-6,9-10,13,17H,2,4,7-8H2,1H3/t13-/m1/s1. The van der Waals surface area contributed by atoms with Gasteiger partial charge in [0, 0.05) is 6.54 Å². The van der Waals surface area contributed by atoms with Crippen LogP contribution in [0.2, 0.25) is 0 Å². The zero-order chi connectivity index (χ0) is 17.4. The molecule has 0 aliphatic carbocycles. The minimum absolute atomic E-state index is 0.000291. The van der Waals surface area contributed by atoms with Crippen LogP contribution < -0.4 is 4.72 Å². The summed E-state index contributed by atoms with van der Waals surface area (Å²) in [5.41, 5.74) is 0. The second kappa shape index (κ2) is 6.26. The minimum atomic E-state index is -3.87. The maximum Gasteiger partial charge on any atom is 0.241 e. The molecule has 2 aromatic rings. The number of benzene rings is 1.